The van der Waals surface area contributed by atoms with Crippen LogP contribution in [0.5, 0.6) is 0 Å². The van der Waals surface area contributed by atoms with E-state index in [1.807, 2.05) is 57.2 Å². The van der Waals surface area contributed by atoms with Gasteiger partial charge in [-0.1, -0.05) is 18.2 Å². The van der Waals surface area contributed by atoms with Gasteiger partial charge in [0.2, 0.25) is 5.91 Å². The minimum absolute atomic E-state index is 0.0244. The summed E-state index contributed by atoms with van der Waals surface area (Å²) >= 11 is 0. The summed E-state index contributed by atoms with van der Waals surface area (Å²) in [6.07, 6.45) is 3.48. The maximum Gasteiger partial charge on any atom is 0.230 e. The zero-order chi connectivity index (χ0) is 15.5. The molecular formula is C17H21N3O. The number of nitrogens with two attached hydrogens (primary N) is 1. The van der Waals surface area contributed by atoms with Gasteiger partial charge in [-0.05, 0) is 50.1 Å². The molecule has 4 nitrogen and oxygen atoms in total. The van der Waals surface area contributed by atoms with Crippen LogP contribution in [-0.2, 0) is 10.2 Å². The van der Waals surface area contributed by atoms with Gasteiger partial charge in [-0.2, -0.15) is 0 Å². The molecule has 0 fully saturated rings. The first-order chi connectivity index (χ1) is 9.91. The van der Waals surface area contributed by atoms with E-state index in [0.717, 1.165) is 11.1 Å². The number of carbonyl (C=O) groups excluding carboxylic acids is 1. The molecule has 1 heterocycles. The molecular weight excluding hydrogens is 262 g/mol. The maximum absolute atomic E-state index is 12.6. The van der Waals surface area contributed by atoms with Crippen molar-refractivity contribution in [2.24, 2.45) is 0 Å². The molecule has 0 aliphatic rings. The SMILES string of the molecule is C[C@@H](NC(=O)C(C)(C)c1ccc(N)cc1)c1cccnc1. The van der Waals surface area contributed by atoms with Gasteiger partial charge < -0.3 is 11.1 Å². The number of hydrogen-bond donors (Lipinski definition) is 2. The van der Waals surface area contributed by atoms with Crippen LogP contribution in [0.4, 0.5) is 5.69 Å². The zero-order valence-corrected chi connectivity index (χ0v) is 12.6. The highest BCUT2D eigenvalue weighted by molar-refractivity contribution is 5.87. The molecule has 0 radical (unpaired) electrons. The van der Waals surface area contributed by atoms with Crippen molar-refractivity contribution < 1.29 is 4.79 Å². The second kappa shape index (κ2) is 5.95. The van der Waals surface area contributed by atoms with E-state index in [1.165, 1.54) is 0 Å². The average molecular weight is 283 g/mol. The van der Waals surface area contributed by atoms with E-state index in [0.29, 0.717) is 5.69 Å². The molecule has 3 N–H and O–H groups in total. The molecule has 110 valence electrons. The van der Waals surface area contributed by atoms with E-state index in [9.17, 15) is 4.79 Å². The van der Waals surface area contributed by atoms with Gasteiger partial charge in [-0.25, -0.2) is 0 Å². The van der Waals surface area contributed by atoms with Crippen molar-refractivity contribution in [2.45, 2.75) is 32.2 Å². The lowest BCUT2D eigenvalue weighted by Gasteiger charge is -2.26. The first-order valence-corrected chi connectivity index (χ1v) is 6.98. The topological polar surface area (TPSA) is 68.0 Å². The number of hydrogen-bond acceptors (Lipinski definition) is 3. The van der Waals surface area contributed by atoms with E-state index < -0.39 is 5.41 Å². The summed E-state index contributed by atoms with van der Waals surface area (Å²) in [4.78, 5) is 16.6. The van der Waals surface area contributed by atoms with Gasteiger partial charge in [-0.15, -0.1) is 0 Å². The summed E-state index contributed by atoms with van der Waals surface area (Å²) in [6.45, 7) is 5.77. The minimum Gasteiger partial charge on any atom is -0.399 e. The molecule has 0 spiro atoms. The fourth-order valence-electron chi connectivity index (χ4n) is 2.12. The van der Waals surface area contributed by atoms with Gasteiger partial charge in [-0.3, -0.25) is 9.78 Å². The van der Waals surface area contributed by atoms with Crippen LogP contribution in [0.25, 0.3) is 0 Å². The van der Waals surface area contributed by atoms with Crippen molar-refractivity contribution in [1.29, 1.82) is 0 Å². The molecule has 0 aliphatic heterocycles. The molecule has 0 saturated carbocycles. The molecule has 1 aromatic heterocycles. The molecule has 0 unspecified atom stereocenters. The normalized spacial score (nSPS) is 12.7. The Bertz CT molecular complexity index is 606. The summed E-state index contributed by atoms with van der Waals surface area (Å²) in [5.74, 6) is -0.0244. The number of aromatic nitrogens is 1. The molecule has 0 aliphatic carbocycles. The average Bonchev–Trinajstić information content (AvgIpc) is 2.48. The summed E-state index contributed by atoms with van der Waals surface area (Å²) in [5, 5.41) is 3.04. The molecule has 21 heavy (non-hydrogen) atoms. The van der Waals surface area contributed by atoms with Crippen LogP contribution in [0.3, 0.4) is 0 Å². The third-order valence-electron chi connectivity index (χ3n) is 3.73. The standard InChI is InChI=1S/C17H21N3O/c1-12(13-5-4-10-19-11-13)20-16(21)17(2,3)14-6-8-15(18)9-7-14/h4-12H,18H2,1-3H3,(H,20,21)/t12-/m1/s1. The van der Waals surface area contributed by atoms with Crippen LogP contribution < -0.4 is 11.1 Å². The van der Waals surface area contributed by atoms with E-state index in [2.05, 4.69) is 10.3 Å². The smallest absolute Gasteiger partial charge is 0.230 e. The Labute approximate surface area is 125 Å². The Balaban J connectivity index is 2.13. The highest BCUT2D eigenvalue weighted by Crippen LogP contribution is 2.25. The lowest BCUT2D eigenvalue weighted by molar-refractivity contribution is -0.126. The Morgan fingerprint density at radius 3 is 2.48 bits per heavy atom. The van der Waals surface area contributed by atoms with Crippen LogP contribution in [-0.4, -0.2) is 10.9 Å². The number of carbonyl (C=O) groups is 1. The second-order valence-corrected chi connectivity index (χ2v) is 5.73. The van der Waals surface area contributed by atoms with Gasteiger partial charge >= 0.3 is 0 Å². The Kier molecular flexibility index (Phi) is 4.26. The number of nitrogen functional groups attached to an aromatic ring is 1. The Morgan fingerprint density at radius 2 is 1.90 bits per heavy atom. The summed E-state index contributed by atoms with van der Waals surface area (Å²) < 4.78 is 0. The zero-order valence-electron chi connectivity index (χ0n) is 12.6. The van der Waals surface area contributed by atoms with Gasteiger partial charge in [0, 0.05) is 18.1 Å². The first-order valence-electron chi connectivity index (χ1n) is 6.98. The Morgan fingerprint density at radius 1 is 1.24 bits per heavy atom. The van der Waals surface area contributed by atoms with E-state index in [-0.39, 0.29) is 11.9 Å². The number of rotatable bonds is 4. The van der Waals surface area contributed by atoms with Gasteiger partial charge in [0.1, 0.15) is 0 Å². The minimum atomic E-state index is -0.621. The number of anilines is 1. The van der Waals surface area contributed by atoms with Crippen molar-refractivity contribution in [2.75, 3.05) is 5.73 Å². The van der Waals surface area contributed by atoms with Crippen molar-refractivity contribution in [3.8, 4) is 0 Å². The molecule has 1 atom stereocenters. The van der Waals surface area contributed by atoms with Crippen molar-refractivity contribution in [1.82, 2.24) is 10.3 Å². The molecule has 2 rings (SSSR count). The number of amides is 1. The highest BCUT2D eigenvalue weighted by Gasteiger charge is 2.30. The number of nitrogens with one attached hydrogen (secondary N) is 1. The second-order valence-electron chi connectivity index (χ2n) is 5.73. The fourth-order valence-corrected chi connectivity index (χ4v) is 2.12. The highest BCUT2D eigenvalue weighted by atomic mass is 16.2. The number of benzene rings is 1. The van der Waals surface area contributed by atoms with Crippen LogP contribution in [0.15, 0.2) is 48.8 Å². The molecule has 0 bridgehead atoms. The summed E-state index contributed by atoms with van der Waals surface area (Å²) in [7, 11) is 0. The Hall–Kier alpha value is -2.36. The summed E-state index contributed by atoms with van der Waals surface area (Å²) in [6, 6.07) is 11.1. The third kappa shape index (κ3) is 3.40. The van der Waals surface area contributed by atoms with E-state index in [4.69, 9.17) is 5.73 Å². The molecule has 2 aromatic rings. The van der Waals surface area contributed by atoms with Crippen molar-refractivity contribution in [3.05, 3.63) is 59.9 Å². The third-order valence-corrected chi connectivity index (χ3v) is 3.73. The van der Waals surface area contributed by atoms with Gasteiger partial charge in [0.05, 0.1) is 11.5 Å². The predicted octanol–water partition coefficient (Wildman–Crippen LogP) is 2.82. The fraction of sp³-hybridized carbons (Fsp3) is 0.294. The molecule has 4 heteroatoms. The molecule has 1 aromatic carbocycles. The predicted molar refractivity (Wildman–Crippen MR) is 84.7 cm³/mol. The first kappa shape index (κ1) is 15.0. The number of pyridine rings is 1. The number of nitrogens with zero attached hydrogens (tertiary/aromatic N) is 1. The summed E-state index contributed by atoms with van der Waals surface area (Å²) in [5.41, 5.74) is 7.69. The van der Waals surface area contributed by atoms with Gasteiger partial charge in [0.15, 0.2) is 0 Å². The monoisotopic (exact) mass is 283 g/mol. The molecule has 1 amide bonds. The van der Waals surface area contributed by atoms with Crippen LogP contribution in [0.1, 0.15) is 37.9 Å². The van der Waals surface area contributed by atoms with Crippen LogP contribution in [0.2, 0.25) is 0 Å². The van der Waals surface area contributed by atoms with Crippen molar-refractivity contribution >= 4 is 11.6 Å². The maximum atomic E-state index is 12.6. The van der Waals surface area contributed by atoms with Crippen LogP contribution in [0, 0.1) is 0 Å². The largest absolute Gasteiger partial charge is 0.399 e. The van der Waals surface area contributed by atoms with Gasteiger partial charge in [0.25, 0.3) is 0 Å². The van der Waals surface area contributed by atoms with Crippen molar-refractivity contribution in [3.63, 3.8) is 0 Å². The molecule has 0 saturated heterocycles. The lowest BCUT2D eigenvalue weighted by Crippen LogP contribution is -2.41. The van der Waals surface area contributed by atoms with E-state index >= 15 is 0 Å². The lowest BCUT2D eigenvalue weighted by atomic mass is 9.83. The van der Waals surface area contributed by atoms with Crippen LogP contribution >= 0.6 is 0 Å². The quantitative estimate of drug-likeness (QED) is 0.848. The van der Waals surface area contributed by atoms with E-state index in [1.54, 1.807) is 12.4 Å².